The zero-order valence-corrected chi connectivity index (χ0v) is 13.5. The molecule has 0 aliphatic carbocycles. The number of rotatable bonds is 2. The number of fused-ring (bicyclic) bond motifs is 1. The van der Waals surface area contributed by atoms with E-state index in [2.05, 4.69) is 29.0 Å². The molecule has 0 aromatic carbocycles. The fraction of sp³-hybridized carbons (Fsp3) is 0.562. The Morgan fingerprint density at radius 3 is 2.86 bits per heavy atom. The van der Waals surface area contributed by atoms with Crippen molar-refractivity contribution in [3.8, 4) is 0 Å². The zero-order chi connectivity index (χ0) is 15.7. The first-order valence-corrected chi connectivity index (χ1v) is 7.79. The Morgan fingerprint density at radius 1 is 1.27 bits per heavy atom. The number of imidazole rings is 1. The molecule has 3 rings (SSSR count). The predicted molar refractivity (Wildman–Crippen MR) is 85.7 cm³/mol. The summed E-state index contributed by atoms with van der Waals surface area (Å²) in [4.78, 5) is 25.6. The van der Waals surface area contributed by atoms with Crippen LogP contribution in [0.25, 0.3) is 11.2 Å². The summed E-state index contributed by atoms with van der Waals surface area (Å²) in [5, 5.41) is 0. The molecule has 118 valence electrons. The fourth-order valence-electron chi connectivity index (χ4n) is 3.11. The number of hydrogen-bond acceptors (Lipinski definition) is 4. The van der Waals surface area contributed by atoms with E-state index in [4.69, 9.17) is 0 Å². The lowest BCUT2D eigenvalue weighted by molar-refractivity contribution is 0.0758. The summed E-state index contributed by atoms with van der Waals surface area (Å²) in [6.45, 7) is 1.63. The maximum absolute atomic E-state index is 12.7. The summed E-state index contributed by atoms with van der Waals surface area (Å²) in [5.41, 5.74) is 2.21. The largest absolute Gasteiger partial charge is 0.339 e. The number of carbonyl (C=O) groups excluding carboxylic acids is 1. The molecule has 0 bridgehead atoms. The van der Waals surface area contributed by atoms with E-state index in [-0.39, 0.29) is 5.91 Å². The molecular weight excluding hydrogens is 278 g/mol. The number of nitrogens with zero attached hydrogens (tertiary/aromatic N) is 5. The second-order valence-electron chi connectivity index (χ2n) is 6.26. The standard InChI is InChI=1S/C16H23N5O/c1-19(2)13-5-4-7-21(8-6-13)16(22)12-9-14-15(17-10-12)20(3)11-18-14/h9-11,13H,4-8H2,1-3H3. The summed E-state index contributed by atoms with van der Waals surface area (Å²) >= 11 is 0. The van der Waals surface area contributed by atoms with Crippen LogP contribution in [0.5, 0.6) is 0 Å². The van der Waals surface area contributed by atoms with Gasteiger partial charge in [-0.2, -0.15) is 0 Å². The topological polar surface area (TPSA) is 54.3 Å². The van der Waals surface area contributed by atoms with Gasteiger partial charge in [0.15, 0.2) is 5.65 Å². The van der Waals surface area contributed by atoms with Crippen LogP contribution < -0.4 is 0 Å². The molecule has 0 radical (unpaired) electrons. The van der Waals surface area contributed by atoms with Gasteiger partial charge in [-0.05, 0) is 39.4 Å². The monoisotopic (exact) mass is 301 g/mol. The molecule has 2 aromatic rings. The third-order valence-electron chi connectivity index (χ3n) is 4.51. The van der Waals surface area contributed by atoms with Gasteiger partial charge in [-0.1, -0.05) is 0 Å². The van der Waals surface area contributed by atoms with Gasteiger partial charge in [-0.3, -0.25) is 4.79 Å². The van der Waals surface area contributed by atoms with Gasteiger partial charge >= 0.3 is 0 Å². The van der Waals surface area contributed by atoms with E-state index in [0.29, 0.717) is 11.6 Å². The molecule has 1 saturated heterocycles. The van der Waals surface area contributed by atoms with Crippen LogP contribution in [0, 0.1) is 0 Å². The van der Waals surface area contributed by atoms with Crippen LogP contribution >= 0.6 is 0 Å². The summed E-state index contributed by atoms with van der Waals surface area (Å²) in [6.07, 6.45) is 6.61. The van der Waals surface area contributed by atoms with Crippen LogP contribution in [-0.4, -0.2) is 63.5 Å². The van der Waals surface area contributed by atoms with E-state index in [0.717, 1.165) is 43.5 Å². The number of likely N-dealkylation sites (tertiary alicyclic amines) is 1. The molecule has 6 nitrogen and oxygen atoms in total. The van der Waals surface area contributed by atoms with Gasteiger partial charge in [0.25, 0.3) is 5.91 Å². The maximum Gasteiger partial charge on any atom is 0.255 e. The Hall–Kier alpha value is -1.95. The predicted octanol–water partition coefficient (Wildman–Crippen LogP) is 1.52. The van der Waals surface area contributed by atoms with E-state index in [1.807, 2.05) is 22.6 Å². The molecule has 6 heteroatoms. The summed E-state index contributed by atoms with van der Waals surface area (Å²) in [6, 6.07) is 2.41. The Morgan fingerprint density at radius 2 is 2.09 bits per heavy atom. The van der Waals surface area contributed by atoms with Gasteiger partial charge in [0.2, 0.25) is 0 Å². The minimum Gasteiger partial charge on any atom is -0.339 e. The van der Waals surface area contributed by atoms with Gasteiger partial charge in [0.05, 0.1) is 11.9 Å². The molecule has 2 aromatic heterocycles. The summed E-state index contributed by atoms with van der Waals surface area (Å²) in [5.74, 6) is 0.0689. The van der Waals surface area contributed by atoms with Crippen LogP contribution in [0.1, 0.15) is 29.6 Å². The Kier molecular flexibility index (Phi) is 4.11. The molecular formula is C16H23N5O. The number of pyridine rings is 1. The van der Waals surface area contributed by atoms with Crippen molar-refractivity contribution in [1.82, 2.24) is 24.3 Å². The second-order valence-corrected chi connectivity index (χ2v) is 6.26. The van der Waals surface area contributed by atoms with Crippen molar-refractivity contribution in [2.45, 2.75) is 25.3 Å². The van der Waals surface area contributed by atoms with Crippen LogP contribution in [0.2, 0.25) is 0 Å². The Labute approximate surface area is 130 Å². The van der Waals surface area contributed by atoms with Crippen LogP contribution in [0.4, 0.5) is 0 Å². The van der Waals surface area contributed by atoms with E-state index in [1.54, 1.807) is 12.5 Å². The molecule has 1 amide bonds. The molecule has 0 spiro atoms. The smallest absolute Gasteiger partial charge is 0.255 e. The summed E-state index contributed by atoms with van der Waals surface area (Å²) in [7, 11) is 6.13. The zero-order valence-electron chi connectivity index (χ0n) is 13.5. The van der Waals surface area contributed by atoms with Crippen LogP contribution in [0.15, 0.2) is 18.6 Å². The van der Waals surface area contributed by atoms with Gasteiger partial charge in [0, 0.05) is 32.4 Å². The molecule has 0 N–H and O–H groups in total. The van der Waals surface area contributed by atoms with Crippen molar-refractivity contribution in [2.24, 2.45) is 7.05 Å². The average Bonchev–Trinajstić information content (AvgIpc) is 2.74. The van der Waals surface area contributed by atoms with E-state index >= 15 is 0 Å². The number of amides is 1. The minimum atomic E-state index is 0.0689. The highest BCUT2D eigenvalue weighted by atomic mass is 16.2. The van der Waals surface area contributed by atoms with Crippen molar-refractivity contribution < 1.29 is 4.79 Å². The lowest BCUT2D eigenvalue weighted by Crippen LogP contribution is -2.33. The van der Waals surface area contributed by atoms with E-state index < -0.39 is 0 Å². The third kappa shape index (κ3) is 2.83. The lowest BCUT2D eigenvalue weighted by Gasteiger charge is -2.23. The number of hydrogen-bond donors (Lipinski definition) is 0. The molecule has 1 unspecified atom stereocenters. The molecule has 1 aliphatic rings. The van der Waals surface area contributed by atoms with Gasteiger partial charge < -0.3 is 14.4 Å². The van der Waals surface area contributed by atoms with Crippen molar-refractivity contribution in [2.75, 3.05) is 27.2 Å². The van der Waals surface area contributed by atoms with Gasteiger partial charge in [-0.15, -0.1) is 0 Å². The highest BCUT2D eigenvalue weighted by Gasteiger charge is 2.23. The number of aryl methyl sites for hydroxylation is 1. The Bertz CT molecular complexity index is 678. The molecule has 1 fully saturated rings. The number of aromatic nitrogens is 3. The van der Waals surface area contributed by atoms with Crippen LogP contribution in [0.3, 0.4) is 0 Å². The average molecular weight is 301 g/mol. The van der Waals surface area contributed by atoms with Crippen molar-refractivity contribution >= 4 is 17.1 Å². The van der Waals surface area contributed by atoms with E-state index in [9.17, 15) is 4.79 Å². The highest BCUT2D eigenvalue weighted by molar-refractivity contribution is 5.96. The molecule has 0 saturated carbocycles. The SMILES string of the molecule is CN(C)C1CCCN(C(=O)c2cnc3c(c2)ncn3C)CC1. The van der Waals surface area contributed by atoms with Crippen molar-refractivity contribution in [3.05, 3.63) is 24.2 Å². The fourth-order valence-corrected chi connectivity index (χ4v) is 3.11. The first kappa shape index (κ1) is 15.0. The highest BCUT2D eigenvalue weighted by Crippen LogP contribution is 2.18. The Balaban J connectivity index is 1.77. The first-order valence-electron chi connectivity index (χ1n) is 7.79. The van der Waals surface area contributed by atoms with Crippen molar-refractivity contribution in [1.29, 1.82) is 0 Å². The third-order valence-corrected chi connectivity index (χ3v) is 4.51. The second kappa shape index (κ2) is 6.04. The maximum atomic E-state index is 12.7. The quantitative estimate of drug-likeness (QED) is 0.844. The normalized spacial score (nSPS) is 19.6. The minimum absolute atomic E-state index is 0.0689. The molecule has 3 heterocycles. The number of carbonyl (C=O) groups is 1. The molecule has 22 heavy (non-hydrogen) atoms. The first-order chi connectivity index (χ1) is 10.6. The summed E-state index contributed by atoms with van der Waals surface area (Å²) < 4.78 is 1.86. The van der Waals surface area contributed by atoms with E-state index in [1.165, 1.54) is 0 Å². The van der Waals surface area contributed by atoms with Crippen LogP contribution in [-0.2, 0) is 7.05 Å². The van der Waals surface area contributed by atoms with Gasteiger partial charge in [-0.25, -0.2) is 9.97 Å². The molecule has 1 atom stereocenters. The van der Waals surface area contributed by atoms with Crippen molar-refractivity contribution in [3.63, 3.8) is 0 Å². The lowest BCUT2D eigenvalue weighted by atomic mass is 10.1. The van der Waals surface area contributed by atoms with Gasteiger partial charge in [0.1, 0.15) is 5.52 Å². The molecule has 1 aliphatic heterocycles.